The zero-order valence-corrected chi connectivity index (χ0v) is 12.3. The van der Waals surface area contributed by atoms with Crippen LogP contribution in [0.2, 0.25) is 0 Å². The average molecular weight is 291 g/mol. The topological polar surface area (TPSA) is 73.9 Å². The molecule has 0 radical (unpaired) electrons. The Morgan fingerprint density at radius 3 is 2.86 bits per heavy atom. The van der Waals surface area contributed by atoms with E-state index in [0.717, 1.165) is 0 Å². The highest BCUT2D eigenvalue weighted by Gasteiger charge is 2.19. The van der Waals surface area contributed by atoms with Crippen LogP contribution in [0.1, 0.15) is 28.9 Å². The number of aromatic nitrogens is 3. The maximum atomic E-state index is 13.8. The van der Waals surface area contributed by atoms with Gasteiger partial charge in [0.15, 0.2) is 5.82 Å². The van der Waals surface area contributed by atoms with Gasteiger partial charge >= 0.3 is 0 Å². The molecule has 112 valence electrons. The van der Waals surface area contributed by atoms with E-state index in [9.17, 15) is 9.18 Å². The number of para-hydroxylation sites is 1. The van der Waals surface area contributed by atoms with Gasteiger partial charge in [-0.2, -0.15) is 5.10 Å². The molecule has 1 aromatic carbocycles. The monoisotopic (exact) mass is 291 g/mol. The van der Waals surface area contributed by atoms with Gasteiger partial charge in [0.25, 0.3) is 5.91 Å². The summed E-state index contributed by atoms with van der Waals surface area (Å²) in [5, 5.41) is 9.60. The van der Waals surface area contributed by atoms with Gasteiger partial charge in [0.1, 0.15) is 11.6 Å². The van der Waals surface area contributed by atoms with E-state index in [1.807, 2.05) is 6.92 Å². The predicted octanol–water partition coefficient (Wildman–Crippen LogP) is 1.96. The van der Waals surface area contributed by atoms with Crippen LogP contribution in [0.3, 0.4) is 0 Å². The van der Waals surface area contributed by atoms with E-state index in [1.54, 1.807) is 20.0 Å². The SMILES string of the molecule is CCNc1c(F)cccc1C(=O)N(C)Cc1n[nH]c(C)n1. The van der Waals surface area contributed by atoms with E-state index in [4.69, 9.17) is 0 Å². The molecule has 0 aliphatic rings. The van der Waals surface area contributed by atoms with Crippen molar-refractivity contribution in [2.24, 2.45) is 0 Å². The fourth-order valence-corrected chi connectivity index (χ4v) is 2.01. The van der Waals surface area contributed by atoms with Crippen molar-refractivity contribution in [3.8, 4) is 0 Å². The number of anilines is 1. The van der Waals surface area contributed by atoms with Crippen molar-refractivity contribution in [2.75, 3.05) is 18.9 Å². The predicted molar refractivity (Wildman–Crippen MR) is 77.5 cm³/mol. The minimum atomic E-state index is -0.440. The number of hydrogen-bond donors (Lipinski definition) is 2. The number of rotatable bonds is 5. The van der Waals surface area contributed by atoms with Gasteiger partial charge in [-0.25, -0.2) is 9.37 Å². The largest absolute Gasteiger partial charge is 0.382 e. The second-order valence-electron chi connectivity index (χ2n) is 4.69. The number of carbonyl (C=O) groups is 1. The first kappa shape index (κ1) is 15.0. The summed E-state index contributed by atoms with van der Waals surface area (Å²) in [5.41, 5.74) is 0.523. The molecule has 0 unspecified atom stereocenters. The molecule has 1 heterocycles. The molecule has 0 saturated carbocycles. The molecule has 0 saturated heterocycles. The Morgan fingerprint density at radius 1 is 1.48 bits per heavy atom. The Bertz CT molecular complexity index is 640. The van der Waals surface area contributed by atoms with Gasteiger partial charge in [0, 0.05) is 13.6 Å². The van der Waals surface area contributed by atoms with Gasteiger partial charge < -0.3 is 10.2 Å². The first-order valence-corrected chi connectivity index (χ1v) is 6.68. The molecule has 0 fully saturated rings. The van der Waals surface area contributed by atoms with Crippen LogP contribution in [-0.2, 0) is 6.54 Å². The number of halogens is 1. The van der Waals surface area contributed by atoms with Crippen molar-refractivity contribution in [1.29, 1.82) is 0 Å². The lowest BCUT2D eigenvalue weighted by Gasteiger charge is -2.18. The normalized spacial score (nSPS) is 10.5. The molecular formula is C14H18FN5O. The molecule has 7 heteroatoms. The zero-order valence-electron chi connectivity index (χ0n) is 12.3. The van der Waals surface area contributed by atoms with E-state index in [-0.39, 0.29) is 18.1 Å². The molecule has 21 heavy (non-hydrogen) atoms. The number of nitrogens with one attached hydrogen (secondary N) is 2. The van der Waals surface area contributed by atoms with Gasteiger partial charge in [0.2, 0.25) is 0 Å². The summed E-state index contributed by atoms with van der Waals surface area (Å²) >= 11 is 0. The van der Waals surface area contributed by atoms with Crippen LogP contribution in [0.15, 0.2) is 18.2 Å². The van der Waals surface area contributed by atoms with Crippen LogP contribution in [0.4, 0.5) is 10.1 Å². The third-order valence-electron chi connectivity index (χ3n) is 2.97. The summed E-state index contributed by atoms with van der Waals surface area (Å²) in [6.45, 7) is 4.42. The van der Waals surface area contributed by atoms with Crippen molar-refractivity contribution in [3.05, 3.63) is 41.2 Å². The Kier molecular flexibility index (Phi) is 4.52. The first-order valence-electron chi connectivity index (χ1n) is 6.68. The number of hydrogen-bond acceptors (Lipinski definition) is 4. The molecule has 6 nitrogen and oxygen atoms in total. The van der Waals surface area contributed by atoms with E-state index in [1.165, 1.54) is 17.0 Å². The van der Waals surface area contributed by atoms with Crippen molar-refractivity contribution in [1.82, 2.24) is 20.1 Å². The summed E-state index contributed by atoms with van der Waals surface area (Å²) in [4.78, 5) is 18.1. The van der Waals surface area contributed by atoms with Gasteiger partial charge in [-0.15, -0.1) is 0 Å². The van der Waals surface area contributed by atoms with Gasteiger partial charge in [-0.3, -0.25) is 9.89 Å². The molecule has 0 spiro atoms. The minimum Gasteiger partial charge on any atom is -0.382 e. The number of carbonyl (C=O) groups excluding carboxylic acids is 1. The van der Waals surface area contributed by atoms with Crippen molar-refractivity contribution in [2.45, 2.75) is 20.4 Å². The van der Waals surface area contributed by atoms with Gasteiger partial charge in [0.05, 0.1) is 17.8 Å². The summed E-state index contributed by atoms with van der Waals surface area (Å²) < 4.78 is 13.8. The lowest BCUT2D eigenvalue weighted by molar-refractivity contribution is 0.0782. The highest BCUT2D eigenvalue weighted by molar-refractivity contribution is 5.99. The number of H-pyrrole nitrogens is 1. The lowest BCUT2D eigenvalue weighted by atomic mass is 10.1. The summed E-state index contributed by atoms with van der Waals surface area (Å²) in [5.74, 6) is 0.479. The number of amides is 1. The van der Waals surface area contributed by atoms with Crippen LogP contribution in [0, 0.1) is 12.7 Å². The smallest absolute Gasteiger partial charge is 0.256 e. The molecule has 2 rings (SSSR count). The molecular weight excluding hydrogens is 273 g/mol. The summed E-state index contributed by atoms with van der Waals surface area (Å²) in [6, 6.07) is 4.45. The second kappa shape index (κ2) is 6.34. The number of nitrogens with zero attached hydrogens (tertiary/aromatic N) is 3. The number of aromatic amines is 1. The Morgan fingerprint density at radius 2 is 2.24 bits per heavy atom. The molecule has 0 aliphatic carbocycles. The van der Waals surface area contributed by atoms with E-state index in [2.05, 4.69) is 20.5 Å². The van der Waals surface area contributed by atoms with Crippen LogP contribution < -0.4 is 5.32 Å². The Balaban J connectivity index is 2.21. The highest BCUT2D eigenvalue weighted by atomic mass is 19.1. The minimum absolute atomic E-state index is 0.225. The third kappa shape index (κ3) is 3.36. The molecule has 2 aromatic rings. The molecule has 0 aliphatic heterocycles. The first-order chi connectivity index (χ1) is 10.0. The van der Waals surface area contributed by atoms with E-state index in [0.29, 0.717) is 23.8 Å². The molecule has 1 amide bonds. The van der Waals surface area contributed by atoms with Gasteiger partial charge in [-0.05, 0) is 26.0 Å². The Labute approximate surface area is 122 Å². The van der Waals surface area contributed by atoms with Crippen molar-refractivity contribution in [3.63, 3.8) is 0 Å². The average Bonchev–Trinajstić information content (AvgIpc) is 2.85. The van der Waals surface area contributed by atoms with Crippen LogP contribution in [0.5, 0.6) is 0 Å². The van der Waals surface area contributed by atoms with Crippen molar-refractivity contribution < 1.29 is 9.18 Å². The van der Waals surface area contributed by atoms with Crippen LogP contribution in [0.25, 0.3) is 0 Å². The van der Waals surface area contributed by atoms with Crippen molar-refractivity contribution >= 4 is 11.6 Å². The molecule has 1 aromatic heterocycles. The fourth-order valence-electron chi connectivity index (χ4n) is 2.01. The highest BCUT2D eigenvalue weighted by Crippen LogP contribution is 2.21. The van der Waals surface area contributed by atoms with Crippen LogP contribution in [-0.4, -0.2) is 39.6 Å². The number of benzene rings is 1. The fraction of sp³-hybridized carbons (Fsp3) is 0.357. The maximum absolute atomic E-state index is 13.8. The zero-order chi connectivity index (χ0) is 15.4. The molecule has 2 N–H and O–H groups in total. The van der Waals surface area contributed by atoms with E-state index >= 15 is 0 Å². The third-order valence-corrected chi connectivity index (χ3v) is 2.97. The summed E-state index contributed by atoms with van der Waals surface area (Å²) in [6.07, 6.45) is 0. The van der Waals surface area contributed by atoms with Gasteiger partial charge in [-0.1, -0.05) is 6.07 Å². The lowest BCUT2D eigenvalue weighted by Crippen LogP contribution is -2.27. The molecule has 0 atom stereocenters. The van der Waals surface area contributed by atoms with E-state index < -0.39 is 5.82 Å². The standard InChI is InChI=1S/C14H18FN5O/c1-4-16-13-10(6-5-7-11(13)15)14(21)20(3)8-12-17-9(2)18-19-12/h5-7,16H,4,8H2,1-3H3,(H,17,18,19). The molecule has 0 bridgehead atoms. The maximum Gasteiger partial charge on any atom is 0.256 e. The quantitative estimate of drug-likeness (QED) is 0.883. The second-order valence-corrected chi connectivity index (χ2v) is 4.69. The number of aryl methyl sites for hydroxylation is 1. The Hall–Kier alpha value is -2.44. The summed E-state index contributed by atoms with van der Waals surface area (Å²) in [7, 11) is 1.63. The van der Waals surface area contributed by atoms with Crippen LogP contribution >= 0.6 is 0 Å².